The smallest absolute Gasteiger partial charge is 0.269 e. The lowest BCUT2D eigenvalue weighted by Crippen LogP contribution is -2.40. The molecule has 120 valence electrons. The summed E-state index contributed by atoms with van der Waals surface area (Å²) in [6, 6.07) is 12.4. The SMILES string of the molecule is COc1cc(NC(=O)C2COc3ccccc3O2)cc(OC)c1. The topological polar surface area (TPSA) is 66.0 Å². The Morgan fingerprint density at radius 2 is 1.74 bits per heavy atom. The van der Waals surface area contributed by atoms with Gasteiger partial charge in [-0.05, 0) is 12.1 Å². The molecule has 0 aromatic heterocycles. The summed E-state index contributed by atoms with van der Waals surface area (Å²) in [6.07, 6.45) is -0.720. The minimum absolute atomic E-state index is 0.157. The van der Waals surface area contributed by atoms with Crippen molar-refractivity contribution in [2.24, 2.45) is 0 Å². The van der Waals surface area contributed by atoms with Gasteiger partial charge in [0.15, 0.2) is 11.5 Å². The van der Waals surface area contributed by atoms with Crippen molar-refractivity contribution >= 4 is 11.6 Å². The zero-order chi connectivity index (χ0) is 16.2. The normalized spacial score (nSPS) is 15.7. The fraction of sp³-hybridized carbons (Fsp3) is 0.235. The first-order valence-electron chi connectivity index (χ1n) is 7.12. The van der Waals surface area contributed by atoms with Crippen molar-refractivity contribution in [1.29, 1.82) is 0 Å². The van der Waals surface area contributed by atoms with Crippen LogP contribution < -0.4 is 24.3 Å². The summed E-state index contributed by atoms with van der Waals surface area (Å²) >= 11 is 0. The predicted octanol–water partition coefficient (Wildman–Crippen LogP) is 2.48. The van der Waals surface area contributed by atoms with E-state index in [1.165, 1.54) is 0 Å². The molecule has 0 saturated carbocycles. The van der Waals surface area contributed by atoms with Crippen LogP contribution in [0, 0.1) is 0 Å². The van der Waals surface area contributed by atoms with Crippen molar-refractivity contribution < 1.29 is 23.7 Å². The van der Waals surface area contributed by atoms with Gasteiger partial charge < -0.3 is 24.3 Å². The molecule has 0 bridgehead atoms. The Kier molecular flexibility index (Phi) is 4.23. The number of fused-ring (bicyclic) bond motifs is 1. The standard InChI is InChI=1S/C17H17NO5/c1-20-12-7-11(8-13(9-12)21-2)18-17(19)16-10-22-14-5-3-4-6-15(14)23-16/h3-9,16H,10H2,1-2H3,(H,18,19). The van der Waals surface area contributed by atoms with Gasteiger partial charge in [0.2, 0.25) is 6.10 Å². The van der Waals surface area contributed by atoms with E-state index in [2.05, 4.69) is 5.32 Å². The van der Waals surface area contributed by atoms with Crippen molar-refractivity contribution in [3.63, 3.8) is 0 Å². The molecule has 1 aliphatic rings. The van der Waals surface area contributed by atoms with Gasteiger partial charge in [0.25, 0.3) is 5.91 Å². The highest BCUT2D eigenvalue weighted by Gasteiger charge is 2.27. The minimum Gasteiger partial charge on any atom is -0.497 e. The van der Waals surface area contributed by atoms with Crippen LogP contribution in [0.4, 0.5) is 5.69 Å². The number of hydrogen-bond acceptors (Lipinski definition) is 5. The van der Waals surface area contributed by atoms with Gasteiger partial charge in [-0.3, -0.25) is 4.79 Å². The zero-order valence-corrected chi connectivity index (χ0v) is 12.9. The molecule has 1 amide bonds. The van der Waals surface area contributed by atoms with Gasteiger partial charge in [0, 0.05) is 23.9 Å². The van der Waals surface area contributed by atoms with E-state index >= 15 is 0 Å². The summed E-state index contributed by atoms with van der Waals surface area (Å²) in [7, 11) is 3.10. The molecule has 1 atom stereocenters. The third kappa shape index (κ3) is 3.31. The highest BCUT2D eigenvalue weighted by Crippen LogP contribution is 2.31. The molecule has 6 nitrogen and oxygen atoms in total. The maximum Gasteiger partial charge on any atom is 0.269 e. The average Bonchev–Trinajstić information content (AvgIpc) is 2.60. The second kappa shape index (κ2) is 6.48. The molecule has 23 heavy (non-hydrogen) atoms. The molecular formula is C17H17NO5. The molecule has 1 N–H and O–H groups in total. The summed E-state index contributed by atoms with van der Waals surface area (Å²) < 4.78 is 21.6. The van der Waals surface area contributed by atoms with Crippen molar-refractivity contribution in [3.8, 4) is 23.0 Å². The molecule has 1 aliphatic heterocycles. The monoisotopic (exact) mass is 315 g/mol. The predicted molar refractivity (Wildman–Crippen MR) is 84.5 cm³/mol. The lowest BCUT2D eigenvalue weighted by Gasteiger charge is -2.25. The Bertz CT molecular complexity index is 694. The van der Waals surface area contributed by atoms with Gasteiger partial charge in [0.1, 0.15) is 18.1 Å². The molecule has 1 heterocycles. The Labute approximate surface area is 133 Å². The maximum atomic E-state index is 12.4. The summed E-state index contributed by atoms with van der Waals surface area (Å²) in [5.74, 6) is 2.08. The van der Waals surface area contributed by atoms with Crippen LogP contribution in [-0.4, -0.2) is 32.8 Å². The average molecular weight is 315 g/mol. The number of carbonyl (C=O) groups excluding carboxylic acids is 1. The molecule has 0 aliphatic carbocycles. The van der Waals surface area contributed by atoms with Crippen LogP contribution >= 0.6 is 0 Å². The van der Waals surface area contributed by atoms with E-state index < -0.39 is 6.10 Å². The molecule has 0 fully saturated rings. The van der Waals surface area contributed by atoms with E-state index in [0.29, 0.717) is 28.7 Å². The fourth-order valence-electron chi connectivity index (χ4n) is 2.25. The number of nitrogens with one attached hydrogen (secondary N) is 1. The van der Waals surface area contributed by atoms with Crippen LogP contribution in [0.3, 0.4) is 0 Å². The molecule has 0 spiro atoms. The van der Waals surface area contributed by atoms with E-state index in [1.807, 2.05) is 12.1 Å². The molecular weight excluding hydrogens is 298 g/mol. The van der Waals surface area contributed by atoms with Crippen LogP contribution in [0.1, 0.15) is 0 Å². The van der Waals surface area contributed by atoms with E-state index in [9.17, 15) is 4.79 Å². The highest BCUT2D eigenvalue weighted by atomic mass is 16.6. The van der Waals surface area contributed by atoms with Gasteiger partial charge in [-0.15, -0.1) is 0 Å². The lowest BCUT2D eigenvalue weighted by molar-refractivity contribution is -0.125. The summed E-state index contributed by atoms with van der Waals surface area (Å²) in [6.45, 7) is 0.157. The second-order valence-corrected chi connectivity index (χ2v) is 4.95. The van der Waals surface area contributed by atoms with Gasteiger partial charge in [-0.1, -0.05) is 12.1 Å². The first-order valence-corrected chi connectivity index (χ1v) is 7.12. The van der Waals surface area contributed by atoms with E-state index in [4.69, 9.17) is 18.9 Å². The van der Waals surface area contributed by atoms with Crippen LogP contribution in [0.15, 0.2) is 42.5 Å². The van der Waals surface area contributed by atoms with Crippen molar-refractivity contribution in [2.45, 2.75) is 6.10 Å². The summed E-state index contributed by atoms with van der Waals surface area (Å²) in [5, 5.41) is 2.79. The van der Waals surface area contributed by atoms with Crippen molar-refractivity contribution in [3.05, 3.63) is 42.5 Å². The number of rotatable bonds is 4. The maximum absolute atomic E-state index is 12.4. The molecule has 2 aromatic carbocycles. The number of carbonyl (C=O) groups is 1. The van der Waals surface area contributed by atoms with Crippen molar-refractivity contribution in [2.75, 3.05) is 26.1 Å². The quantitative estimate of drug-likeness (QED) is 0.939. The minimum atomic E-state index is -0.720. The molecule has 0 saturated heterocycles. The highest BCUT2D eigenvalue weighted by molar-refractivity contribution is 5.95. The Morgan fingerprint density at radius 3 is 2.39 bits per heavy atom. The molecule has 3 rings (SSSR count). The zero-order valence-electron chi connectivity index (χ0n) is 12.9. The van der Waals surface area contributed by atoms with E-state index in [-0.39, 0.29) is 12.5 Å². The molecule has 0 radical (unpaired) electrons. The van der Waals surface area contributed by atoms with Crippen LogP contribution in [-0.2, 0) is 4.79 Å². The van der Waals surface area contributed by atoms with Gasteiger partial charge >= 0.3 is 0 Å². The first-order chi connectivity index (χ1) is 11.2. The van der Waals surface area contributed by atoms with Gasteiger partial charge in [-0.25, -0.2) is 0 Å². The van der Waals surface area contributed by atoms with Crippen LogP contribution in [0.2, 0.25) is 0 Å². The van der Waals surface area contributed by atoms with E-state index in [0.717, 1.165) is 0 Å². The largest absolute Gasteiger partial charge is 0.497 e. The number of para-hydroxylation sites is 2. The van der Waals surface area contributed by atoms with Crippen LogP contribution in [0.5, 0.6) is 23.0 Å². The third-order valence-corrected chi connectivity index (χ3v) is 3.42. The molecule has 2 aromatic rings. The Balaban J connectivity index is 1.73. The first kappa shape index (κ1) is 15.0. The van der Waals surface area contributed by atoms with Gasteiger partial charge in [-0.2, -0.15) is 0 Å². The van der Waals surface area contributed by atoms with Crippen molar-refractivity contribution in [1.82, 2.24) is 0 Å². The molecule has 1 unspecified atom stereocenters. The number of ether oxygens (including phenoxy) is 4. The number of hydrogen-bond donors (Lipinski definition) is 1. The fourth-order valence-corrected chi connectivity index (χ4v) is 2.25. The van der Waals surface area contributed by atoms with Crippen LogP contribution in [0.25, 0.3) is 0 Å². The number of benzene rings is 2. The Morgan fingerprint density at radius 1 is 1.09 bits per heavy atom. The number of methoxy groups -OCH3 is 2. The molecule has 6 heteroatoms. The number of anilines is 1. The van der Waals surface area contributed by atoms with Gasteiger partial charge in [0.05, 0.1) is 14.2 Å². The number of amides is 1. The summed E-state index contributed by atoms with van der Waals surface area (Å²) in [5.41, 5.74) is 0.564. The van der Waals surface area contributed by atoms with E-state index in [1.54, 1.807) is 44.6 Å². The Hall–Kier alpha value is -2.89. The summed E-state index contributed by atoms with van der Waals surface area (Å²) in [4.78, 5) is 12.4. The third-order valence-electron chi connectivity index (χ3n) is 3.42. The second-order valence-electron chi connectivity index (χ2n) is 4.95. The lowest BCUT2D eigenvalue weighted by atomic mass is 10.2.